The van der Waals surface area contributed by atoms with Gasteiger partial charge in [-0.05, 0) is 32.5 Å². The van der Waals surface area contributed by atoms with Crippen LogP contribution in [0.1, 0.15) is 12.2 Å². The molecule has 0 bridgehead atoms. The summed E-state index contributed by atoms with van der Waals surface area (Å²) in [7, 11) is 3.19. The average Bonchev–Trinajstić information content (AvgIpc) is 3.29. The molecule has 5 rings (SSSR count). The Balaban J connectivity index is 1.58. The SMILES string of the molecule is CNc1nc(N[C@H]2CCN(C)CC2(F)F)nn2cc(F)c(-c3ccc4nc(C)n(CC(F)F)c4n3)c12. The highest BCUT2D eigenvalue weighted by Gasteiger charge is 2.44. The van der Waals surface area contributed by atoms with Crippen molar-refractivity contribution in [3.63, 3.8) is 0 Å². The third-order valence-electron chi connectivity index (χ3n) is 6.27. The van der Waals surface area contributed by atoms with Crippen LogP contribution in [0.5, 0.6) is 0 Å². The zero-order valence-corrected chi connectivity index (χ0v) is 19.7. The Kier molecular flexibility index (Phi) is 5.93. The molecule has 1 saturated heterocycles. The first-order valence-corrected chi connectivity index (χ1v) is 11.3. The van der Waals surface area contributed by atoms with Crippen molar-refractivity contribution >= 4 is 28.4 Å². The Morgan fingerprint density at radius 2 is 1.97 bits per heavy atom. The zero-order chi connectivity index (χ0) is 25.8. The summed E-state index contributed by atoms with van der Waals surface area (Å²) in [6.07, 6.45) is -1.34. The Morgan fingerprint density at radius 3 is 2.67 bits per heavy atom. The lowest BCUT2D eigenvalue weighted by molar-refractivity contribution is -0.0675. The highest BCUT2D eigenvalue weighted by molar-refractivity contribution is 5.89. The lowest BCUT2D eigenvalue weighted by Gasteiger charge is -2.36. The van der Waals surface area contributed by atoms with Crippen molar-refractivity contribution < 1.29 is 22.0 Å². The Labute approximate surface area is 202 Å². The van der Waals surface area contributed by atoms with Gasteiger partial charge in [0.05, 0.1) is 36.6 Å². The number of rotatable bonds is 6. The van der Waals surface area contributed by atoms with Crippen LogP contribution >= 0.6 is 0 Å². The fraction of sp³-hybridized carbons (Fsp3) is 0.455. The van der Waals surface area contributed by atoms with Gasteiger partial charge in [-0.3, -0.25) is 0 Å². The number of aromatic nitrogens is 6. The molecule has 1 aliphatic heterocycles. The second-order valence-electron chi connectivity index (χ2n) is 8.86. The number of fused-ring (bicyclic) bond motifs is 2. The summed E-state index contributed by atoms with van der Waals surface area (Å²) in [5.74, 6) is -3.24. The fourth-order valence-electron chi connectivity index (χ4n) is 4.59. The molecule has 4 aromatic rings. The molecule has 0 radical (unpaired) electrons. The van der Waals surface area contributed by atoms with Gasteiger partial charge in [-0.15, -0.1) is 5.10 Å². The summed E-state index contributed by atoms with van der Waals surface area (Å²) in [6.45, 7) is 1.07. The van der Waals surface area contributed by atoms with E-state index >= 15 is 4.39 Å². The van der Waals surface area contributed by atoms with Crippen LogP contribution in [-0.2, 0) is 6.54 Å². The molecule has 5 heterocycles. The van der Waals surface area contributed by atoms with Crippen LogP contribution in [0.25, 0.3) is 27.9 Å². The molecule has 14 heteroatoms. The molecule has 0 spiro atoms. The normalized spacial score (nSPS) is 18.4. The van der Waals surface area contributed by atoms with E-state index < -0.39 is 37.3 Å². The van der Waals surface area contributed by atoms with Gasteiger partial charge in [-0.1, -0.05) is 0 Å². The van der Waals surface area contributed by atoms with E-state index in [1.807, 2.05) is 0 Å². The molecule has 36 heavy (non-hydrogen) atoms. The van der Waals surface area contributed by atoms with E-state index in [1.54, 1.807) is 32.0 Å². The molecule has 1 aliphatic rings. The fourth-order valence-corrected chi connectivity index (χ4v) is 4.59. The molecule has 2 N–H and O–H groups in total. The van der Waals surface area contributed by atoms with Crippen LogP contribution in [0.15, 0.2) is 18.3 Å². The monoisotopic (exact) mass is 509 g/mol. The maximum Gasteiger partial charge on any atom is 0.280 e. The van der Waals surface area contributed by atoms with Crippen LogP contribution in [-0.4, -0.2) is 79.6 Å². The number of aryl methyl sites for hydroxylation is 1. The maximum atomic E-state index is 15.2. The summed E-state index contributed by atoms with van der Waals surface area (Å²) in [4.78, 5) is 14.5. The lowest BCUT2D eigenvalue weighted by Crippen LogP contribution is -2.53. The lowest BCUT2D eigenvalue weighted by atomic mass is 10.0. The maximum absolute atomic E-state index is 15.2. The number of anilines is 2. The van der Waals surface area contributed by atoms with E-state index in [4.69, 9.17) is 0 Å². The van der Waals surface area contributed by atoms with Gasteiger partial charge < -0.3 is 20.1 Å². The number of alkyl halides is 4. The molecule has 192 valence electrons. The molecular formula is C22H24F5N9. The molecule has 0 aromatic carbocycles. The van der Waals surface area contributed by atoms with E-state index in [-0.39, 0.29) is 40.6 Å². The van der Waals surface area contributed by atoms with Crippen molar-refractivity contribution in [2.45, 2.75) is 38.3 Å². The molecule has 1 fully saturated rings. The van der Waals surface area contributed by atoms with E-state index in [9.17, 15) is 17.6 Å². The second kappa shape index (κ2) is 8.84. The first-order chi connectivity index (χ1) is 17.1. The molecule has 4 aromatic heterocycles. The van der Waals surface area contributed by atoms with Gasteiger partial charge in [0, 0.05) is 13.6 Å². The molecule has 0 saturated carbocycles. The quantitative estimate of drug-likeness (QED) is 0.384. The highest BCUT2D eigenvalue weighted by Crippen LogP contribution is 2.34. The number of pyridine rings is 1. The van der Waals surface area contributed by atoms with Crippen molar-refractivity contribution in [2.24, 2.45) is 0 Å². The summed E-state index contributed by atoms with van der Waals surface area (Å²) in [6, 6.07) is 1.93. The van der Waals surface area contributed by atoms with Crippen LogP contribution in [0, 0.1) is 12.7 Å². The summed E-state index contributed by atoms with van der Waals surface area (Å²) in [5, 5.41) is 9.77. The highest BCUT2D eigenvalue weighted by atomic mass is 19.3. The van der Waals surface area contributed by atoms with Crippen molar-refractivity contribution in [1.82, 2.24) is 34.0 Å². The number of hydrogen-bond donors (Lipinski definition) is 2. The van der Waals surface area contributed by atoms with E-state index in [0.717, 1.165) is 6.20 Å². The first kappa shape index (κ1) is 24.2. The first-order valence-electron chi connectivity index (χ1n) is 11.3. The minimum atomic E-state index is -3.00. The predicted molar refractivity (Wildman–Crippen MR) is 124 cm³/mol. The number of likely N-dealkylation sites (tertiary alicyclic amines) is 1. The average molecular weight is 509 g/mol. The third-order valence-corrected chi connectivity index (χ3v) is 6.27. The van der Waals surface area contributed by atoms with Crippen molar-refractivity contribution in [2.75, 3.05) is 37.8 Å². The number of hydrogen-bond acceptors (Lipinski definition) is 7. The Bertz CT molecular complexity index is 1430. The summed E-state index contributed by atoms with van der Waals surface area (Å²) >= 11 is 0. The Morgan fingerprint density at radius 1 is 1.19 bits per heavy atom. The summed E-state index contributed by atoms with van der Waals surface area (Å²) in [5.41, 5.74) is 1.02. The van der Waals surface area contributed by atoms with Crippen molar-refractivity contribution in [1.29, 1.82) is 0 Å². The van der Waals surface area contributed by atoms with Crippen LogP contribution in [0.3, 0.4) is 0 Å². The molecular weight excluding hydrogens is 485 g/mol. The van der Waals surface area contributed by atoms with Gasteiger partial charge in [0.25, 0.3) is 12.3 Å². The molecule has 0 unspecified atom stereocenters. The van der Waals surface area contributed by atoms with Crippen LogP contribution < -0.4 is 10.6 Å². The number of nitrogens with zero attached hydrogens (tertiary/aromatic N) is 7. The predicted octanol–water partition coefficient (Wildman–Crippen LogP) is 3.65. The smallest absolute Gasteiger partial charge is 0.280 e. The minimum Gasteiger partial charge on any atom is -0.371 e. The Hall–Kier alpha value is -3.55. The standard InChI is InChI=1S/C22H24F5N9/c1-11-29-14-5-4-13(30-20(14)35(11)9-16(24)25)17-12(23)8-36-18(17)19(28-2)32-21(33-36)31-15-6-7-34(3)10-22(15,26)27/h4-5,8,15-16H,6-7,9-10H2,1-3H3,(H2,28,31,32,33)/t15-/m0/s1. The topological polar surface area (TPSA) is 88.2 Å². The molecule has 9 nitrogen and oxygen atoms in total. The molecule has 0 amide bonds. The number of nitrogens with one attached hydrogen (secondary N) is 2. The zero-order valence-electron chi connectivity index (χ0n) is 19.7. The van der Waals surface area contributed by atoms with E-state index in [1.165, 1.54) is 15.1 Å². The van der Waals surface area contributed by atoms with Gasteiger partial charge in [-0.2, -0.15) is 4.98 Å². The number of halogens is 5. The van der Waals surface area contributed by atoms with Crippen molar-refractivity contribution in [3.05, 3.63) is 30.0 Å². The van der Waals surface area contributed by atoms with E-state index in [0.29, 0.717) is 17.9 Å². The van der Waals surface area contributed by atoms with Gasteiger partial charge in [0.2, 0.25) is 5.95 Å². The second-order valence-corrected chi connectivity index (χ2v) is 8.86. The molecule has 1 atom stereocenters. The minimum absolute atomic E-state index is 0.0415. The third kappa shape index (κ3) is 4.18. The molecule has 0 aliphatic carbocycles. The largest absolute Gasteiger partial charge is 0.371 e. The number of imidazole rings is 1. The van der Waals surface area contributed by atoms with Gasteiger partial charge in [0.15, 0.2) is 17.3 Å². The van der Waals surface area contributed by atoms with Gasteiger partial charge >= 0.3 is 0 Å². The van der Waals surface area contributed by atoms with Crippen molar-refractivity contribution in [3.8, 4) is 11.3 Å². The van der Waals surface area contributed by atoms with E-state index in [2.05, 4.69) is 30.7 Å². The van der Waals surface area contributed by atoms with Crippen LogP contribution in [0.2, 0.25) is 0 Å². The summed E-state index contributed by atoms with van der Waals surface area (Å²) < 4.78 is 73.0. The van der Waals surface area contributed by atoms with Gasteiger partial charge in [-0.25, -0.2) is 36.4 Å². The number of piperidine rings is 1. The van der Waals surface area contributed by atoms with Gasteiger partial charge in [0.1, 0.15) is 16.9 Å². The van der Waals surface area contributed by atoms with Crippen LogP contribution in [0.4, 0.5) is 33.7 Å².